The Balaban J connectivity index is 2.40. The van der Waals surface area contributed by atoms with E-state index in [2.05, 4.69) is 0 Å². The Morgan fingerprint density at radius 2 is 2.10 bits per heavy atom. The van der Waals surface area contributed by atoms with Crippen LogP contribution in [-0.2, 0) is 9.84 Å². The largest absolute Gasteiger partial charge is 0.393 e. The molecule has 0 aliphatic carbocycles. The molecule has 0 aromatic carbocycles. The van der Waals surface area contributed by atoms with Gasteiger partial charge in [0.15, 0.2) is 9.84 Å². The summed E-state index contributed by atoms with van der Waals surface area (Å²) in [5.74, 6) is 0.374. The maximum absolute atomic E-state index is 10.6. The highest BCUT2D eigenvalue weighted by atomic mass is 32.2. The molecule has 1 heterocycles. The molecule has 0 spiro atoms. The molecule has 0 saturated carbocycles. The van der Waals surface area contributed by atoms with Gasteiger partial charge in [-0.15, -0.1) is 0 Å². The highest BCUT2D eigenvalue weighted by Crippen LogP contribution is 2.22. The van der Waals surface area contributed by atoms with E-state index >= 15 is 0 Å². The van der Waals surface area contributed by atoms with Crippen LogP contribution in [-0.4, -0.2) is 31.1 Å². The van der Waals surface area contributed by atoms with Crippen LogP contribution in [0.1, 0.15) is 13.3 Å². The molecule has 3 nitrogen and oxygen atoms in total. The van der Waals surface area contributed by atoms with Crippen LogP contribution in [0, 0.1) is 5.92 Å². The lowest BCUT2D eigenvalue weighted by Crippen LogP contribution is -2.43. The Labute approximate surface area is 61.0 Å². The summed E-state index contributed by atoms with van der Waals surface area (Å²) in [6, 6.07) is 0. The van der Waals surface area contributed by atoms with E-state index in [0.29, 0.717) is 6.42 Å². The van der Waals surface area contributed by atoms with E-state index in [1.54, 1.807) is 0 Å². The molecule has 1 unspecified atom stereocenters. The van der Waals surface area contributed by atoms with E-state index in [1.807, 2.05) is 6.92 Å². The summed E-state index contributed by atoms with van der Waals surface area (Å²) in [5, 5.41) is 9.15. The average molecular weight is 164 g/mol. The monoisotopic (exact) mass is 164 g/mol. The fourth-order valence-electron chi connectivity index (χ4n) is 1.16. The molecule has 1 aliphatic rings. The summed E-state index contributed by atoms with van der Waals surface area (Å²) in [4.78, 5) is 0. The standard InChI is InChI=1S/C6H12O3S/c1-2-6(7)5-3-10(8,9)4-5/h5-7H,2-4H2,1H3. The predicted octanol–water partition coefficient (Wildman–Crippen LogP) is -0.198. The van der Waals surface area contributed by atoms with Crippen LogP contribution in [0.4, 0.5) is 0 Å². The number of hydrogen-bond donors (Lipinski definition) is 1. The van der Waals surface area contributed by atoms with Gasteiger partial charge in [-0.05, 0) is 6.42 Å². The van der Waals surface area contributed by atoms with Crippen LogP contribution in [0.3, 0.4) is 0 Å². The number of hydrogen-bond acceptors (Lipinski definition) is 3. The van der Waals surface area contributed by atoms with Gasteiger partial charge < -0.3 is 5.11 Å². The van der Waals surface area contributed by atoms with Crippen LogP contribution in [0.25, 0.3) is 0 Å². The second-order valence-electron chi connectivity index (χ2n) is 2.81. The number of rotatable bonds is 2. The minimum Gasteiger partial charge on any atom is -0.393 e. The Morgan fingerprint density at radius 1 is 1.60 bits per heavy atom. The highest BCUT2D eigenvalue weighted by molar-refractivity contribution is 7.92. The van der Waals surface area contributed by atoms with Gasteiger partial charge in [0.1, 0.15) is 0 Å². The van der Waals surface area contributed by atoms with Crippen molar-refractivity contribution < 1.29 is 13.5 Å². The van der Waals surface area contributed by atoms with Gasteiger partial charge in [0.25, 0.3) is 0 Å². The summed E-state index contributed by atoms with van der Waals surface area (Å²) in [5.41, 5.74) is 0. The normalized spacial score (nSPS) is 27.4. The molecule has 0 bridgehead atoms. The zero-order valence-corrected chi connectivity index (χ0v) is 6.76. The van der Waals surface area contributed by atoms with Crippen molar-refractivity contribution in [2.24, 2.45) is 5.92 Å². The molecule has 1 aliphatic heterocycles. The molecule has 60 valence electrons. The lowest BCUT2D eigenvalue weighted by atomic mass is 10.0. The second kappa shape index (κ2) is 2.51. The van der Waals surface area contributed by atoms with Crippen LogP contribution >= 0.6 is 0 Å². The first-order valence-corrected chi connectivity index (χ1v) is 5.26. The van der Waals surface area contributed by atoms with Crippen molar-refractivity contribution in [3.63, 3.8) is 0 Å². The third-order valence-corrected chi connectivity index (χ3v) is 3.77. The number of aliphatic hydroxyl groups is 1. The van der Waals surface area contributed by atoms with Gasteiger partial charge in [-0.2, -0.15) is 0 Å². The van der Waals surface area contributed by atoms with Gasteiger partial charge >= 0.3 is 0 Å². The van der Waals surface area contributed by atoms with Gasteiger partial charge in [0.2, 0.25) is 0 Å². The molecular weight excluding hydrogens is 152 g/mol. The lowest BCUT2D eigenvalue weighted by molar-refractivity contribution is 0.117. The van der Waals surface area contributed by atoms with E-state index in [1.165, 1.54) is 0 Å². The molecule has 1 rings (SSSR count). The molecular formula is C6H12O3S. The Morgan fingerprint density at radius 3 is 2.40 bits per heavy atom. The quantitative estimate of drug-likeness (QED) is 0.615. The summed E-state index contributed by atoms with van der Waals surface area (Å²) >= 11 is 0. The molecule has 1 fully saturated rings. The average Bonchev–Trinajstić information content (AvgIpc) is 1.81. The number of sulfone groups is 1. The van der Waals surface area contributed by atoms with E-state index < -0.39 is 15.9 Å². The summed E-state index contributed by atoms with van der Waals surface area (Å²) < 4.78 is 21.2. The minimum atomic E-state index is -2.75. The molecule has 1 N–H and O–H groups in total. The smallest absolute Gasteiger partial charge is 0.151 e. The highest BCUT2D eigenvalue weighted by Gasteiger charge is 2.37. The SMILES string of the molecule is CCC(O)C1CS(=O)(=O)C1. The van der Waals surface area contributed by atoms with Crippen molar-refractivity contribution in [2.75, 3.05) is 11.5 Å². The summed E-state index contributed by atoms with van der Waals surface area (Å²) in [6.07, 6.45) is 0.240. The Bertz CT molecular complexity index is 195. The van der Waals surface area contributed by atoms with Gasteiger partial charge in [-0.3, -0.25) is 0 Å². The van der Waals surface area contributed by atoms with Crippen LogP contribution in [0.15, 0.2) is 0 Å². The third-order valence-electron chi connectivity index (χ3n) is 1.90. The molecule has 1 saturated heterocycles. The second-order valence-corrected chi connectivity index (χ2v) is 4.97. The van der Waals surface area contributed by atoms with E-state index in [9.17, 15) is 8.42 Å². The maximum atomic E-state index is 10.6. The molecule has 0 amide bonds. The van der Waals surface area contributed by atoms with Crippen molar-refractivity contribution in [3.05, 3.63) is 0 Å². The zero-order chi connectivity index (χ0) is 7.78. The Kier molecular flexibility index (Phi) is 2.01. The van der Waals surface area contributed by atoms with Gasteiger partial charge in [-0.1, -0.05) is 6.92 Å². The first kappa shape index (κ1) is 8.01. The van der Waals surface area contributed by atoms with Crippen LogP contribution in [0.2, 0.25) is 0 Å². The predicted molar refractivity (Wildman–Crippen MR) is 38.4 cm³/mol. The van der Waals surface area contributed by atoms with Gasteiger partial charge in [-0.25, -0.2) is 8.42 Å². The van der Waals surface area contributed by atoms with E-state index in [4.69, 9.17) is 5.11 Å². The summed E-state index contributed by atoms with van der Waals surface area (Å²) in [6.45, 7) is 1.86. The fraction of sp³-hybridized carbons (Fsp3) is 1.00. The minimum absolute atomic E-state index is 0.00926. The van der Waals surface area contributed by atoms with Crippen molar-refractivity contribution in [2.45, 2.75) is 19.4 Å². The molecule has 4 heteroatoms. The first-order chi connectivity index (χ1) is 4.55. The van der Waals surface area contributed by atoms with Gasteiger partial charge in [0.05, 0.1) is 17.6 Å². The molecule has 1 atom stereocenters. The fourth-order valence-corrected chi connectivity index (χ4v) is 2.81. The molecule has 10 heavy (non-hydrogen) atoms. The van der Waals surface area contributed by atoms with E-state index in [-0.39, 0.29) is 17.4 Å². The van der Waals surface area contributed by atoms with Crippen molar-refractivity contribution >= 4 is 9.84 Å². The van der Waals surface area contributed by atoms with Gasteiger partial charge in [0, 0.05) is 5.92 Å². The van der Waals surface area contributed by atoms with Crippen molar-refractivity contribution in [1.29, 1.82) is 0 Å². The third kappa shape index (κ3) is 1.49. The van der Waals surface area contributed by atoms with Crippen LogP contribution < -0.4 is 0 Å². The summed E-state index contributed by atoms with van der Waals surface area (Å²) in [7, 11) is -2.75. The first-order valence-electron chi connectivity index (χ1n) is 3.43. The molecule has 0 aromatic heterocycles. The van der Waals surface area contributed by atoms with Crippen molar-refractivity contribution in [3.8, 4) is 0 Å². The lowest BCUT2D eigenvalue weighted by Gasteiger charge is -2.29. The van der Waals surface area contributed by atoms with Crippen LogP contribution in [0.5, 0.6) is 0 Å². The van der Waals surface area contributed by atoms with E-state index in [0.717, 1.165) is 0 Å². The molecule has 0 radical (unpaired) electrons. The topological polar surface area (TPSA) is 54.4 Å². The maximum Gasteiger partial charge on any atom is 0.151 e. The zero-order valence-electron chi connectivity index (χ0n) is 5.95. The number of aliphatic hydroxyl groups excluding tert-OH is 1. The Hall–Kier alpha value is -0.0900. The van der Waals surface area contributed by atoms with Crippen molar-refractivity contribution in [1.82, 2.24) is 0 Å². The molecule has 0 aromatic rings.